The van der Waals surface area contributed by atoms with Gasteiger partial charge in [-0.2, -0.15) is 0 Å². The molecule has 0 saturated carbocycles. The van der Waals surface area contributed by atoms with Crippen LogP contribution in [-0.2, 0) is 6.54 Å². The minimum atomic E-state index is -0.275. The van der Waals surface area contributed by atoms with Crippen LogP contribution in [0.4, 0.5) is 0 Å². The molecule has 0 aliphatic rings. The molecule has 0 spiro atoms. The maximum atomic E-state index is 12.3. The van der Waals surface area contributed by atoms with Crippen LogP contribution in [0.5, 0.6) is 0 Å². The van der Waals surface area contributed by atoms with E-state index in [2.05, 4.69) is 19.9 Å². The zero-order chi connectivity index (χ0) is 17.9. The minimum Gasteiger partial charge on any atom is -0.351 e. The van der Waals surface area contributed by atoms with E-state index in [0.717, 1.165) is 29.4 Å². The van der Waals surface area contributed by atoms with Gasteiger partial charge in [0.2, 0.25) is 0 Å². The number of aromatic amines is 1. The molecule has 2 heterocycles. The molecule has 2 N–H and O–H groups in total. The second-order valence-electron chi connectivity index (χ2n) is 6.14. The summed E-state index contributed by atoms with van der Waals surface area (Å²) in [7, 11) is 0. The van der Waals surface area contributed by atoms with E-state index in [-0.39, 0.29) is 17.2 Å². The first-order valence-corrected chi connectivity index (χ1v) is 8.52. The van der Waals surface area contributed by atoms with E-state index in [9.17, 15) is 9.59 Å². The largest absolute Gasteiger partial charge is 0.351 e. The highest BCUT2D eigenvalue weighted by Gasteiger charge is 2.09. The van der Waals surface area contributed by atoms with Crippen LogP contribution in [0.2, 0.25) is 0 Å². The zero-order valence-corrected chi connectivity index (χ0v) is 14.1. The van der Waals surface area contributed by atoms with Crippen LogP contribution in [0.15, 0.2) is 65.7 Å². The first kappa shape index (κ1) is 16.1. The Kier molecular flexibility index (Phi) is 4.23. The van der Waals surface area contributed by atoms with Crippen LogP contribution in [0.3, 0.4) is 0 Å². The molecule has 2 aromatic carbocycles. The maximum absolute atomic E-state index is 12.3. The molecule has 130 valence electrons. The van der Waals surface area contributed by atoms with Gasteiger partial charge in [-0.1, -0.05) is 30.3 Å². The van der Waals surface area contributed by atoms with Crippen molar-refractivity contribution in [1.29, 1.82) is 0 Å². The number of imidazole rings is 1. The third kappa shape index (κ3) is 3.09. The number of nitrogens with zero attached hydrogens (tertiary/aromatic N) is 2. The fraction of sp³-hybridized carbons (Fsp3) is 0.150. The molecule has 1 amide bonds. The highest BCUT2D eigenvalue weighted by molar-refractivity contribution is 5.96. The molecule has 6 nitrogen and oxygen atoms in total. The molecule has 26 heavy (non-hydrogen) atoms. The van der Waals surface area contributed by atoms with Crippen molar-refractivity contribution in [3.05, 3.63) is 77.0 Å². The summed E-state index contributed by atoms with van der Waals surface area (Å²) in [5.74, 6) is -0.275. The van der Waals surface area contributed by atoms with Crippen LogP contribution < -0.4 is 10.9 Å². The molecule has 0 aliphatic carbocycles. The summed E-state index contributed by atoms with van der Waals surface area (Å²) in [4.78, 5) is 31.4. The number of aromatic nitrogens is 3. The van der Waals surface area contributed by atoms with Gasteiger partial charge in [-0.3, -0.25) is 9.59 Å². The molecule has 4 aromatic rings. The number of para-hydroxylation sites is 2. The van der Waals surface area contributed by atoms with Crippen molar-refractivity contribution in [1.82, 2.24) is 19.9 Å². The van der Waals surface area contributed by atoms with E-state index in [0.29, 0.717) is 11.9 Å². The molecule has 4 rings (SSSR count). The van der Waals surface area contributed by atoms with Crippen molar-refractivity contribution < 1.29 is 4.79 Å². The standard InChI is InChI=1S/C20H18N4O2/c25-19-15-7-2-1-6-14(15)12-17(23-19)20(26)21-10-5-11-24-13-22-16-8-3-4-9-18(16)24/h1-4,6-9,12-13H,5,10-11H2,(H,21,26)(H,23,25). The van der Waals surface area contributed by atoms with Crippen molar-refractivity contribution in [2.24, 2.45) is 0 Å². The summed E-state index contributed by atoms with van der Waals surface area (Å²) >= 11 is 0. The van der Waals surface area contributed by atoms with Gasteiger partial charge < -0.3 is 14.9 Å². The van der Waals surface area contributed by atoms with Gasteiger partial charge in [-0.25, -0.2) is 4.98 Å². The van der Waals surface area contributed by atoms with E-state index < -0.39 is 0 Å². The Morgan fingerprint density at radius 2 is 1.92 bits per heavy atom. The monoisotopic (exact) mass is 346 g/mol. The normalized spacial score (nSPS) is 11.1. The van der Waals surface area contributed by atoms with E-state index in [1.807, 2.05) is 42.7 Å². The maximum Gasteiger partial charge on any atom is 0.267 e. The van der Waals surface area contributed by atoms with Gasteiger partial charge in [-0.15, -0.1) is 0 Å². The fourth-order valence-electron chi connectivity index (χ4n) is 3.07. The van der Waals surface area contributed by atoms with Gasteiger partial charge in [-0.05, 0) is 36.1 Å². The first-order chi connectivity index (χ1) is 12.7. The molecule has 2 aromatic heterocycles. The molecule has 0 atom stereocenters. The number of carbonyl (C=O) groups is 1. The Hall–Kier alpha value is -3.41. The molecule has 0 bridgehead atoms. The SMILES string of the molecule is O=C(NCCCn1cnc2ccccc21)c1cc2ccccc2c(=O)[nH]1. The lowest BCUT2D eigenvalue weighted by atomic mass is 10.1. The van der Waals surface area contributed by atoms with Gasteiger partial charge in [0, 0.05) is 18.5 Å². The van der Waals surface area contributed by atoms with Crippen molar-refractivity contribution in [2.75, 3.05) is 6.54 Å². The number of H-pyrrole nitrogens is 1. The lowest BCUT2D eigenvalue weighted by molar-refractivity contribution is 0.0947. The van der Waals surface area contributed by atoms with Crippen LogP contribution in [0.1, 0.15) is 16.9 Å². The Morgan fingerprint density at radius 3 is 2.85 bits per heavy atom. The highest BCUT2D eigenvalue weighted by atomic mass is 16.2. The minimum absolute atomic E-state index is 0.252. The van der Waals surface area contributed by atoms with Crippen molar-refractivity contribution in [3.8, 4) is 0 Å². The molecule has 0 saturated heterocycles. The van der Waals surface area contributed by atoms with Gasteiger partial charge in [0.25, 0.3) is 11.5 Å². The zero-order valence-electron chi connectivity index (χ0n) is 14.1. The van der Waals surface area contributed by atoms with Gasteiger partial charge in [0.1, 0.15) is 5.69 Å². The summed E-state index contributed by atoms with van der Waals surface area (Å²) in [6, 6.07) is 16.9. The van der Waals surface area contributed by atoms with Crippen molar-refractivity contribution >= 4 is 27.7 Å². The number of fused-ring (bicyclic) bond motifs is 2. The van der Waals surface area contributed by atoms with Crippen LogP contribution >= 0.6 is 0 Å². The number of nitrogens with one attached hydrogen (secondary N) is 2. The van der Waals surface area contributed by atoms with Crippen LogP contribution in [-0.4, -0.2) is 27.0 Å². The molecule has 0 unspecified atom stereocenters. The number of pyridine rings is 1. The average molecular weight is 346 g/mol. The topological polar surface area (TPSA) is 79.8 Å². The molecule has 0 radical (unpaired) electrons. The van der Waals surface area contributed by atoms with Gasteiger partial charge in [0.15, 0.2) is 0 Å². The Labute approximate surface area is 149 Å². The summed E-state index contributed by atoms with van der Waals surface area (Å²) in [5, 5.41) is 4.19. The Balaban J connectivity index is 1.39. The first-order valence-electron chi connectivity index (χ1n) is 8.52. The third-order valence-electron chi connectivity index (χ3n) is 4.39. The number of aryl methyl sites for hydroxylation is 1. The number of benzene rings is 2. The predicted octanol–water partition coefficient (Wildman–Crippen LogP) is 2.70. The Bertz CT molecular complexity index is 1140. The fourth-order valence-corrected chi connectivity index (χ4v) is 3.07. The number of hydrogen-bond donors (Lipinski definition) is 2. The quantitative estimate of drug-likeness (QED) is 0.545. The smallest absolute Gasteiger partial charge is 0.267 e. The van der Waals surface area contributed by atoms with Crippen LogP contribution in [0.25, 0.3) is 21.8 Å². The van der Waals surface area contributed by atoms with E-state index in [4.69, 9.17) is 0 Å². The number of rotatable bonds is 5. The van der Waals surface area contributed by atoms with E-state index >= 15 is 0 Å². The van der Waals surface area contributed by atoms with Gasteiger partial charge in [0.05, 0.1) is 17.4 Å². The molecule has 0 aliphatic heterocycles. The third-order valence-corrected chi connectivity index (χ3v) is 4.39. The van der Waals surface area contributed by atoms with E-state index in [1.54, 1.807) is 18.2 Å². The summed E-state index contributed by atoms with van der Waals surface area (Å²) in [5.41, 5.74) is 2.07. The second kappa shape index (κ2) is 6.84. The number of amides is 1. The van der Waals surface area contributed by atoms with Crippen LogP contribution in [0, 0.1) is 0 Å². The average Bonchev–Trinajstić information content (AvgIpc) is 3.08. The Morgan fingerprint density at radius 1 is 1.12 bits per heavy atom. The number of hydrogen-bond acceptors (Lipinski definition) is 3. The second-order valence-corrected chi connectivity index (χ2v) is 6.14. The summed E-state index contributed by atoms with van der Waals surface area (Å²) < 4.78 is 2.07. The highest BCUT2D eigenvalue weighted by Crippen LogP contribution is 2.12. The molecule has 6 heteroatoms. The molecule has 0 fully saturated rings. The number of carbonyl (C=O) groups excluding carboxylic acids is 1. The predicted molar refractivity (Wildman–Crippen MR) is 101 cm³/mol. The van der Waals surface area contributed by atoms with Crippen molar-refractivity contribution in [2.45, 2.75) is 13.0 Å². The lowest BCUT2D eigenvalue weighted by Crippen LogP contribution is -2.27. The lowest BCUT2D eigenvalue weighted by Gasteiger charge is -2.07. The summed E-state index contributed by atoms with van der Waals surface area (Å²) in [6.07, 6.45) is 2.58. The molecular weight excluding hydrogens is 328 g/mol. The van der Waals surface area contributed by atoms with Crippen molar-refractivity contribution in [3.63, 3.8) is 0 Å². The van der Waals surface area contributed by atoms with E-state index in [1.165, 1.54) is 0 Å². The molecular formula is C20H18N4O2. The van der Waals surface area contributed by atoms with Gasteiger partial charge >= 0.3 is 0 Å². The summed E-state index contributed by atoms with van der Waals surface area (Å²) in [6.45, 7) is 1.27.